The molecule has 2 aromatic rings. The lowest BCUT2D eigenvalue weighted by Crippen LogP contribution is -1.85. The fraction of sp³-hybridized carbons (Fsp3) is 0.300. The quantitative estimate of drug-likeness (QED) is 0.625. The molecule has 0 bridgehead atoms. The van der Waals surface area contributed by atoms with Crippen LogP contribution < -0.4 is 0 Å². The van der Waals surface area contributed by atoms with Crippen LogP contribution in [0.2, 0.25) is 0 Å². The van der Waals surface area contributed by atoms with Crippen molar-refractivity contribution in [1.82, 2.24) is 9.55 Å². The van der Waals surface area contributed by atoms with Crippen molar-refractivity contribution >= 4 is 11.0 Å². The van der Waals surface area contributed by atoms with Crippen molar-refractivity contribution in [3.05, 3.63) is 30.1 Å². The van der Waals surface area contributed by atoms with Crippen LogP contribution in [-0.4, -0.2) is 9.55 Å². The summed E-state index contributed by atoms with van der Waals surface area (Å²) in [5.74, 6) is 0. The molecular weight excluding hydrogens is 148 g/mol. The Morgan fingerprint density at radius 1 is 1.50 bits per heavy atom. The molecule has 0 saturated heterocycles. The van der Waals surface area contributed by atoms with E-state index < -0.39 is 0 Å². The van der Waals surface area contributed by atoms with Gasteiger partial charge in [-0.05, 0) is 24.1 Å². The Balaban J connectivity index is 2.82. The number of aryl methyl sites for hydroxylation is 2. The van der Waals surface area contributed by atoms with Crippen molar-refractivity contribution in [2.75, 3.05) is 0 Å². The maximum absolute atomic E-state index is 4.31. The van der Waals surface area contributed by atoms with E-state index >= 15 is 0 Å². The van der Waals surface area contributed by atoms with Gasteiger partial charge in [0.1, 0.15) is 5.65 Å². The SMILES string of the molecule is CCc1cn(C)c2ncccc12. The molecule has 0 fully saturated rings. The van der Waals surface area contributed by atoms with Gasteiger partial charge in [0, 0.05) is 24.8 Å². The van der Waals surface area contributed by atoms with Crippen molar-refractivity contribution in [2.24, 2.45) is 7.05 Å². The van der Waals surface area contributed by atoms with Crippen LogP contribution in [0.1, 0.15) is 12.5 Å². The Morgan fingerprint density at radius 3 is 3.08 bits per heavy atom. The summed E-state index contributed by atoms with van der Waals surface area (Å²) >= 11 is 0. The van der Waals surface area contributed by atoms with Gasteiger partial charge < -0.3 is 4.57 Å². The van der Waals surface area contributed by atoms with Gasteiger partial charge in [-0.3, -0.25) is 0 Å². The van der Waals surface area contributed by atoms with E-state index in [0.29, 0.717) is 0 Å². The van der Waals surface area contributed by atoms with Crippen LogP contribution in [-0.2, 0) is 13.5 Å². The van der Waals surface area contributed by atoms with Crippen molar-refractivity contribution < 1.29 is 0 Å². The first kappa shape index (κ1) is 7.35. The monoisotopic (exact) mass is 160 g/mol. The average Bonchev–Trinajstić information content (AvgIpc) is 2.44. The van der Waals surface area contributed by atoms with Crippen molar-refractivity contribution in [3.63, 3.8) is 0 Å². The first-order valence-corrected chi connectivity index (χ1v) is 4.22. The van der Waals surface area contributed by atoms with Crippen LogP contribution >= 0.6 is 0 Å². The van der Waals surface area contributed by atoms with E-state index in [9.17, 15) is 0 Å². The number of aromatic nitrogens is 2. The second kappa shape index (κ2) is 2.63. The number of pyridine rings is 1. The fourth-order valence-corrected chi connectivity index (χ4v) is 1.57. The second-order valence-corrected chi connectivity index (χ2v) is 2.99. The molecule has 0 aliphatic rings. The second-order valence-electron chi connectivity index (χ2n) is 2.99. The zero-order valence-electron chi connectivity index (χ0n) is 7.41. The minimum atomic E-state index is 1.07. The van der Waals surface area contributed by atoms with E-state index in [-0.39, 0.29) is 0 Å². The zero-order valence-corrected chi connectivity index (χ0v) is 7.41. The predicted molar refractivity (Wildman–Crippen MR) is 50.1 cm³/mol. The molecule has 0 aliphatic carbocycles. The van der Waals surface area contributed by atoms with Crippen LogP contribution in [0.25, 0.3) is 11.0 Å². The van der Waals surface area contributed by atoms with Crippen molar-refractivity contribution in [2.45, 2.75) is 13.3 Å². The highest BCUT2D eigenvalue weighted by Crippen LogP contribution is 2.17. The lowest BCUT2D eigenvalue weighted by atomic mass is 10.2. The van der Waals surface area contributed by atoms with Crippen LogP contribution in [0.3, 0.4) is 0 Å². The molecule has 12 heavy (non-hydrogen) atoms. The van der Waals surface area contributed by atoms with E-state index in [1.54, 1.807) is 0 Å². The normalized spacial score (nSPS) is 10.8. The molecular formula is C10H12N2. The molecule has 2 aromatic heterocycles. The van der Waals surface area contributed by atoms with Gasteiger partial charge in [-0.1, -0.05) is 6.92 Å². The van der Waals surface area contributed by atoms with Gasteiger partial charge in [-0.25, -0.2) is 4.98 Å². The lowest BCUT2D eigenvalue weighted by Gasteiger charge is -1.92. The first-order valence-electron chi connectivity index (χ1n) is 4.22. The summed E-state index contributed by atoms with van der Waals surface area (Å²) in [6.45, 7) is 2.17. The molecule has 0 spiro atoms. The molecule has 0 atom stereocenters. The molecule has 0 aromatic carbocycles. The summed E-state index contributed by atoms with van der Waals surface area (Å²) in [5.41, 5.74) is 2.45. The minimum absolute atomic E-state index is 1.07. The molecule has 0 amide bonds. The fourth-order valence-electron chi connectivity index (χ4n) is 1.57. The zero-order chi connectivity index (χ0) is 8.55. The van der Waals surface area contributed by atoms with Crippen molar-refractivity contribution in [3.8, 4) is 0 Å². The maximum Gasteiger partial charge on any atom is 0.139 e. The molecule has 2 rings (SSSR count). The van der Waals surface area contributed by atoms with E-state index in [0.717, 1.165) is 12.1 Å². The van der Waals surface area contributed by atoms with Gasteiger partial charge >= 0.3 is 0 Å². The Labute approximate surface area is 71.8 Å². The van der Waals surface area contributed by atoms with Crippen LogP contribution in [0.15, 0.2) is 24.5 Å². The average molecular weight is 160 g/mol. The number of hydrogen-bond donors (Lipinski definition) is 0. The predicted octanol–water partition coefficient (Wildman–Crippen LogP) is 2.14. The summed E-state index contributed by atoms with van der Waals surface area (Å²) in [4.78, 5) is 4.31. The van der Waals surface area contributed by atoms with Gasteiger partial charge in [0.25, 0.3) is 0 Å². The highest BCUT2D eigenvalue weighted by molar-refractivity contribution is 5.80. The number of nitrogens with zero attached hydrogens (tertiary/aromatic N) is 2. The molecule has 0 radical (unpaired) electrons. The highest BCUT2D eigenvalue weighted by Gasteiger charge is 2.03. The molecule has 0 N–H and O–H groups in total. The van der Waals surface area contributed by atoms with Gasteiger partial charge in [-0.2, -0.15) is 0 Å². The first-order chi connectivity index (χ1) is 5.83. The number of rotatable bonds is 1. The molecule has 0 saturated carbocycles. The third kappa shape index (κ3) is 0.916. The van der Waals surface area contributed by atoms with E-state index in [2.05, 4.69) is 28.7 Å². The maximum atomic E-state index is 4.31. The molecule has 62 valence electrons. The topological polar surface area (TPSA) is 17.8 Å². The van der Waals surface area contributed by atoms with Gasteiger partial charge in [0.15, 0.2) is 0 Å². The minimum Gasteiger partial charge on any atom is -0.335 e. The standard InChI is InChI=1S/C10H12N2/c1-3-8-7-12(2)10-9(8)5-4-6-11-10/h4-7H,3H2,1-2H3. The molecule has 2 nitrogen and oxygen atoms in total. The summed E-state index contributed by atoms with van der Waals surface area (Å²) in [5, 5.41) is 1.28. The molecule has 0 unspecified atom stereocenters. The Morgan fingerprint density at radius 2 is 2.33 bits per heavy atom. The Kier molecular flexibility index (Phi) is 1.61. The van der Waals surface area contributed by atoms with Gasteiger partial charge in [0.2, 0.25) is 0 Å². The third-order valence-electron chi connectivity index (χ3n) is 2.20. The summed E-state index contributed by atoms with van der Waals surface area (Å²) in [6.07, 6.45) is 5.06. The van der Waals surface area contributed by atoms with Gasteiger partial charge in [-0.15, -0.1) is 0 Å². The van der Waals surface area contributed by atoms with E-state index in [1.165, 1.54) is 10.9 Å². The number of fused-ring (bicyclic) bond motifs is 1. The molecule has 2 heterocycles. The van der Waals surface area contributed by atoms with Crippen LogP contribution in [0.5, 0.6) is 0 Å². The van der Waals surface area contributed by atoms with E-state index in [4.69, 9.17) is 0 Å². The van der Waals surface area contributed by atoms with Crippen LogP contribution in [0.4, 0.5) is 0 Å². The largest absolute Gasteiger partial charge is 0.335 e. The highest BCUT2D eigenvalue weighted by atomic mass is 15.0. The summed E-state index contributed by atoms with van der Waals surface area (Å²) in [6, 6.07) is 4.11. The third-order valence-corrected chi connectivity index (χ3v) is 2.20. The molecule has 2 heteroatoms. The van der Waals surface area contributed by atoms with Gasteiger partial charge in [0.05, 0.1) is 0 Å². The summed E-state index contributed by atoms with van der Waals surface area (Å²) in [7, 11) is 2.04. The smallest absolute Gasteiger partial charge is 0.139 e. The Hall–Kier alpha value is -1.31. The molecule has 0 aliphatic heterocycles. The van der Waals surface area contributed by atoms with Crippen LogP contribution in [0, 0.1) is 0 Å². The number of hydrogen-bond acceptors (Lipinski definition) is 1. The van der Waals surface area contributed by atoms with E-state index in [1.807, 2.05) is 19.3 Å². The summed E-state index contributed by atoms with van der Waals surface area (Å²) < 4.78 is 2.08. The lowest BCUT2D eigenvalue weighted by molar-refractivity contribution is 0.937. The Bertz CT molecular complexity index is 401. The van der Waals surface area contributed by atoms with Crippen molar-refractivity contribution in [1.29, 1.82) is 0 Å².